The lowest BCUT2D eigenvalue weighted by molar-refractivity contribution is -0.113. The van der Waals surface area contributed by atoms with E-state index in [4.69, 9.17) is 0 Å². The number of carbonyl (C=O) groups excluding carboxylic acids is 2. The second kappa shape index (κ2) is 10.5. The number of hydrogen-bond donors (Lipinski definition) is 2. The molecule has 1 aromatic heterocycles. The number of aryl methyl sites for hydroxylation is 1. The molecule has 0 saturated heterocycles. The molecule has 0 aliphatic carbocycles. The molecule has 1 heterocycles. The van der Waals surface area contributed by atoms with Crippen molar-refractivity contribution < 1.29 is 9.59 Å². The summed E-state index contributed by atoms with van der Waals surface area (Å²) in [4.78, 5) is 39.0. The number of aromatic nitrogens is 2. The number of carbonyl (C=O) groups is 2. The van der Waals surface area contributed by atoms with Crippen molar-refractivity contribution in [1.82, 2.24) is 9.36 Å². The van der Waals surface area contributed by atoms with Gasteiger partial charge in [-0.05, 0) is 56.3 Å². The Balaban J connectivity index is 1.41. The highest BCUT2D eigenvalue weighted by molar-refractivity contribution is 8.00. The number of amides is 2. The molecule has 35 heavy (non-hydrogen) atoms. The highest BCUT2D eigenvalue weighted by Gasteiger charge is 2.18. The summed E-state index contributed by atoms with van der Waals surface area (Å²) in [7, 11) is 1.78. The van der Waals surface area contributed by atoms with E-state index in [0.29, 0.717) is 16.9 Å². The molecule has 2 N–H and O–H groups in total. The maximum absolute atomic E-state index is 13.0. The van der Waals surface area contributed by atoms with E-state index < -0.39 is 0 Å². The predicted molar refractivity (Wildman–Crippen MR) is 141 cm³/mol. The molecule has 7 nitrogen and oxygen atoms in total. The first-order chi connectivity index (χ1) is 16.8. The highest BCUT2D eigenvalue weighted by Crippen LogP contribution is 2.23. The largest absolute Gasteiger partial charge is 0.322 e. The van der Waals surface area contributed by atoms with Gasteiger partial charge in [-0.2, -0.15) is 0 Å². The molecule has 4 aromatic rings. The minimum absolute atomic E-state index is 0.119. The van der Waals surface area contributed by atoms with Gasteiger partial charge in [0.05, 0.1) is 17.1 Å². The van der Waals surface area contributed by atoms with Crippen LogP contribution in [0.1, 0.15) is 21.6 Å². The molecule has 4 rings (SSSR count). The lowest BCUT2D eigenvalue weighted by Crippen LogP contribution is -2.23. The van der Waals surface area contributed by atoms with Crippen LogP contribution in [0, 0.1) is 13.8 Å². The summed E-state index contributed by atoms with van der Waals surface area (Å²) in [5, 5.41) is 5.66. The number of benzene rings is 3. The van der Waals surface area contributed by atoms with E-state index in [0.717, 1.165) is 16.1 Å². The number of nitrogens with zero attached hydrogens (tertiary/aromatic N) is 2. The molecule has 0 aliphatic heterocycles. The molecule has 8 heteroatoms. The van der Waals surface area contributed by atoms with Crippen LogP contribution in [0.4, 0.5) is 11.4 Å². The van der Waals surface area contributed by atoms with Gasteiger partial charge in [-0.15, -0.1) is 11.8 Å². The number of thioether (sulfide) groups is 1. The van der Waals surface area contributed by atoms with E-state index in [-0.39, 0.29) is 28.8 Å². The minimum Gasteiger partial charge on any atom is -0.322 e. The first kappa shape index (κ1) is 24.1. The maximum Gasteiger partial charge on any atom is 0.295 e. The van der Waals surface area contributed by atoms with Gasteiger partial charge in [0.15, 0.2) is 0 Å². The first-order valence-electron chi connectivity index (χ1n) is 11.1. The molecule has 0 atom stereocenters. The summed E-state index contributed by atoms with van der Waals surface area (Å²) in [5.41, 5.74) is 3.61. The number of para-hydroxylation sites is 1. The Bertz CT molecular complexity index is 1440. The van der Waals surface area contributed by atoms with Crippen LogP contribution in [0.3, 0.4) is 0 Å². The van der Waals surface area contributed by atoms with Crippen molar-refractivity contribution in [3.63, 3.8) is 0 Å². The normalized spacial score (nSPS) is 10.7. The van der Waals surface area contributed by atoms with E-state index in [1.165, 1.54) is 16.4 Å². The number of nitrogens with one attached hydrogen (secondary N) is 2. The van der Waals surface area contributed by atoms with Gasteiger partial charge in [-0.25, -0.2) is 4.68 Å². The van der Waals surface area contributed by atoms with Gasteiger partial charge < -0.3 is 10.6 Å². The first-order valence-corrected chi connectivity index (χ1v) is 12.1. The molecule has 0 saturated carbocycles. The Labute approximate surface area is 207 Å². The Morgan fingerprint density at radius 1 is 0.886 bits per heavy atom. The number of hydrogen-bond acceptors (Lipinski definition) is 4. The van der Waals surface area contributed by atoms with Crippen LogP contribution in [0.15, 0.2) is 88.6 Å². The van der Waals surface area contributed by atoms with Crippen molar-refractivity contribution in [3.05, 3.63) is 106 Å². The molecule has 0 fully saturated rings. The zero-order valence-corrected chi connectivity index (χ0v) is 20.6. The van der Waals surface area contributed by atoms with E-state index in [2.05, 4.69) is 10.6 Å². The average molecular weight is 487 g/mol. The third kappa shape index (κ3) is 5.55. The Morgan fingerprint density at radius 3 is 2.37 bits per heavy atom. The molecule has 2 amide bonds. The van der Waals surface area contributed by atoms with Gasteiger partial charge >= 0.3 is 0 Å². The fraction of sp³-hybridized carbons (Fsp3) is 0.148. The van der Waals surface area contributed by atoms with E-state index in [1.54, 1.807) is 30.8 Å². The molecular weight excluding hydrogens is 460 g/mol. The molecule has 0 unspecified atom stereocenters. The maximum atomic E-state index is 13.0. The molecular formula is C27H26N4O3S. The predicted octanol–water partition coefficient (Wildman–Crippen LogP) is 4.78. The zero-order chi connectivity index (χ0) is 24.9. The Morgan fingerprint density at radius 2 is 1.63 bits per heavy atom. The second-order valence-corrected chi connectivity index (χ2v) is 9.17. The van der Waals surface area contributed by atoms with Crippen molar-refractivity contribution in [2.45, 2.75) is 18.7 Å². The summed E-state index contributed by atoms with van der Waals surface area (Å²) in [6.45, 7) is 3.73. The van der Waals surface area contributed by atoms with Crippen molar-refractivity contribution in [2.24, 2.45) is 7.05 Å². The fourth-order valence-corrected chi connectivity index (χ4v) is 4.44. The van der Waals surface area contributed by atoms with E-state index in [1.807, 2.05) is 73.7 Å². The molecule has 3 aromatic carbocycles. The van der Waals surface area contributed by atoms with Crippen LogP contribution in [-0.4, -0.2) is 26.9 Å². The van der Waals surface area contributed by atoms with Crippen LogP contribution >= 0.6 is 11.8 Å². The second-order valence-electron chi connectivity index (χ2n) is 8.12. The average Bonchev–Trinajstić information content (AvgIpc) is 3.06. The van der Waals surface area contributed by atoms with Crippen LogP contribution in [0.5, 0.6) is 0 Å². The van der Waals surface area contributed by atoms with E-state index >= 15 is 0 Å². The van der Waals surface area contributed by atoms with Crippen LogP contribution in [0.2, 0.25) is 0 Å². The summed E-state index contributed by atoms with van der Waals surface area (Å²) < 4.78 is 3.25. The highest BCUT2D eigenvalue weighted by atomic mass is 32.2. The molecule has 178 valence electrons. The minimum atomic E-state index is -0.282. The fourth-order valence-electron chi connectivity index (χ4n) is 3.69. The molecule has 0 aliphatic rings. The van der Waals surface area contributed by atoms with Crippen molar-refractivity contribution in [1.29, 1.82) is 0 Å². The summed E-state index contributed by atoms with van der Waals surface area (Å²) >= 11 is 1.33. The van der Waals surface area contributed by atoms with Gasteiger partial charge in [0, 0.05) is 23.2 Å². The third-order valence-corrected chi connectivity index (χ3v) is 6.55. The SMILES string of the molecule is Cc1cccc(C(=O)Nc2cccc(SCC(=O)Nc3c(C)n(C)n(-c4ccccc4)c3=O)c2)c1. The molecule has 0 radical (unpaired) electrons. The third-order valence-electron chi connectivity index (χ3n) is 5.56. The van der Waals surface area contributed by atoms with Crippen molar-refractivity contribution >= 4 is 35.0 Å². The number of rotatable bonds is 7. The van der Waals surface area contributed by atoms with Gasteiger partial charge in [0.1, 0.15) is 5.69 Å². The van der Waals surface area contributed by atoms with Crippen LogP contribution in [-0.2, 0) is 11.8 Å². The van der Waals surface area contributed by atoms with Gasteiger partial charge in [-0.1, -0.05) is 42.0 Å². The monoisotopic (exact) mass is 486 g/mol. The van der Waals surface area contributed by atoms with Crippen molar-refractivity contribution in [3.8, 4) is 5.69 Å². The van der Waals surface area contributed by atoms with Gasteiger partial charge in [0.25, 0.3) is 11.5 Å². The van der Waals surface area contributed by atoms with Gasteiger partial charge in [0.2, 0.25) is 5.91 Å². The quantitative estimate of drug-likeness (QED) is 0.368. The standard InChI is InChI=1S/C27H26N4O3S/c1-18-9-7-10-20(15-18)26(33)28-21-11-8-14-23(16-21)35-17-24(32)29-25-19(2)30(3)31(27(25)34)22-12-5-4-6-13-22/h4-16H,17H2,1-3H3,(H,28,33)(H,29,32). The summed E-state index contributed by atoms with van der Waals surface area (Å²) in [5.74, 6) is -0.355. The molecule has 0 bridgehead atoms. The smallest absolute Gasteiger partial charge is 0.295 e. The topological polar surface area (TPSA) is 85.1 Å². The lowest BCUT2D eigenvalue weighted by atomic mass is 10.1. The summed E-state index contributed by atoms with van der Waals surface area (Å²) in [6, 6.07) is 24.0. The molecule has 0 spiro atoms. The Kier molecular flexibility index (Phi) is 7.22. The summed E-state index contributed by atoms with van der Waals surface area (Å²) in [6.07, 6.45) is 0. The van der Waals surface area contributed by atoms with Gasteiger partial charge in [-0.3, -0.25) is 19.1 Å². The van der Waals surface area contributed by atoms with Crippen molar-refractivity contribution in [2.75, 3.05) is 16.4 Å². The Hall–Kier alpha value is -4.04. The number of anilines is 2. The lowest BCUT2D eigenvalue weighted by Gasteiger charge is -2.08. The van der Waals surface area contributed by atoms with Crippen LogP contribution < -0.4 is 16.2 Å². The zero-order valence-electron chi connectivity index (χ0n) is 19.7. The van der Waals surface area contributed by atoms with Crippen LogP contribution in [0.25, 0.3) is 5.69 Å². The van der Waals surface area contributed by atoms with E-state index in [9.17, 15) is 14.4 Å².